The van der Waals surface area contributed by atoms with Crippen molar-refractivity contribution in [2.24, 2.45) is 0 Å². The summed E-state index contributed by atoms with van der Waals surface area (Å²) in [5.41, 5.74) is 0.103. The van der Waals surface area contributed by atoms with Gasteiger partial charge >= 0.3 is 12.3 Å². The lowest BCUT2D eigenvalue weighted by Gasteiger charge is -2.21. The molecule has 1 aliphatic rings. The summed E-state index contributed by atoms with van der Waals surface area (Å²) in [7, 11) is 0. The van der Waals surface area contributed by atoms with Crippen LogP contribution in [0.15, 0.2) is 18.2 Å². The molecule has 0 heterocycles. The van der Waals surface area contributed by atoms with Gasteiger partial charge in [0.2, 0.25) is 5.75 Å². The molecule has 0 aliphatic heterocycles. The first-order valence-corrected chi connectivity index (χ1v) is 8.17. The summed E-state index contributed by atoms with van der Waals surface area (Å²) in [6.07, 6.45) is 3.23. The molecule has 1 aromatic carbocycles. The molecule has 2 atom stereocenters. The first-order chi connectivity index (χ1) is 10.5. The second-order valence-corrected chi connectivity index (χ2v) is 6.51. The van der Waals surface area contributed by atoms with Crippen molar-refractivity contribution in [3.63, 3.8) is 0 Å². The maximum Gasteiger partial charge on any atom is 0.387 e. The number of alkyl halides is 2. The van der Waals surface area contributed by atoms with E-state index in [0.717, 1.165) is 25.0 Å². The highest BCUT2D eigenvalue weighted by atomic mass is 32.2. The third-order valence-corrected chi connectivity index (χ3v) is 4.88. The zero-order chi connectivity index (χ0) is 16.1. The Kier molecular flexibility index (Phi) is 5.82. The Morgan fingerprint density at radius 2 is 2.27 bits per heavy atom. The van der Waals surface area contributed by atoms with Gasteiger partial charge < -0.3 is 10.1 Å². The fraction of sp³-hybridized carbons (Fsp3) is 0.571. The highest BCUT2D eigenvalue weighted by Crippen LogP contribution is 2.35. The number of rotatable bonds is 7. The van der Waals surface area contributed by atoms with Gasteiger partial charge in [0.1, 0.15) is 0 Å². The van der Waals surface area contributed by atoms with Gasteiger partial charge in [-0.2, -0.15) is 20.5 Å². The minimum Gasteiger partial charge on any atom is -0.427 e. The zero-order valence-electron chi connectivity index (χ0n) is 12.1. The predicted molar refractivity (Wildman–Crippen MR) is 82.9 cm³/mol. The molecule has 0 aromatic heterocycles. The van der Waals surface area contributed by atoms with E-state index in [1.165, 1.54) is 18.2 Å². The van der Waals surface area contributed by atoms with Gasteiger partial charge in [-0.05, 0) is 24.7 Å². The van der Waals surface area contributed by atoms with Crippen molar-refractivity contribution >= 4 is 23.1 Å². The minimum atomic E-state index is -3.09. The molecule has 0 saturated heterocycles. The molecular formula is C14H18F2N2O3S. The molecule has 2 unspecified atom stereocenters. The Morgan fingerprint density at radius 3 is 2.91 bits per heavy atom. The van der Waals surface area contributed by atoms with Crippen LogP contribution >= 0.6 is 11.8 Å². The largest absolute Gasteiger partial charge is 0.427 e. The molecule has 0 spiro atoms. The summed E-state index contributed by atoms with van der Waals surface area (Å²) < 4.78 is 29.1. The van der Waals surface area contributed by atoms with Crippen LogP contribution in [-0.4, -0.2) is 28.6 Å². The standard InChI is InChI=1S/C14H18F2N2O3S/c1-2-22-13-5-3-4-10(13)17-9-6-7-11(18(19)20)12(8-9)21-14(15)16/h6-8,10,13-14,17H,2-5H2,1H3. The van der Waals surface area contributed by atoms with Gasteiger partial charge in [-0.3, -0.25) is 10.1 Å². The lowest BCUT2D eigenvalue weighted by Crippen LogP contribution is -2.26. The summed E-state index contributed by atoms with van der Waals surface area (Å²) in [6.45, 7) is -0.996. The molecule has 122 valence electrons. The number of nitro groups is 1. The van der Waals surface area contributed by atoms with Crippen LogP contribution in [0.4, 0.5) is 20.2 Å². The molecule has 1 aromatic rings. The molecule has 22 heavy (non-hydrogen) atoms. The third kappa shape index (κ3) is 4.22. The Bertz CT molecular complexity index is 531. The topological polar surface area (TPSA) is 64.4 Å². The number of hydrogen-bond acceptors (Lipinski definition) is 5. The van der Waals surface area contributed by atoms with Crippen molar-refractivity contribution in [2.45, 2.75) is 44.1 Å². The van der Waals surface area contributed by atoms with Crippen LogP contribution in [0.5, 0.6) is 5.75 Å². The van der Waals surface area contributed by atoms with Gasteiger partial charge in [0.15, 0.2) is 0 Å². The lowest BCUT2D eigenvalue weighted by atomic mass is 10.2. The molecule has 0 bridgehead atoms. The Balaban J connectivity index is 2.15. The maximum absolute atomic E-state index is 12.4. The number of ether oxygens (including phenoxy) is 1. The van der Waals surface area contributed by atoms with E-state index in [-0.39, 0.29) is 6.04 Å². The van der Waals surface area contributed by atoms with Crippen LogP contribution in [-0.2, 0) is 0 Å². The summed E-state index contributed by atoms with van der Waals surface area (Å²) >= 11 is 1.87. The number of nitrogens with one attached hydrogen (secondary N) is 1. The molecule has 0 radical (unpaired) electrons. The van der Waals surface area contributed by atoms with Gasteiger partial charge in [-0.15, -0.1) is 0 Å². The van der Waals surface area contributed by atoms with E-state index in [1.54, 1.807) is 0 Å². The highest BCUT2D eigenvalue weighted by molar-refractivity contribution is 7.99. The number of hydrogen-bond donors (Lipinski definition) is 1. The number of halogens is 2. The summed E-state index contributed by atoms with van der Waals surface area (Å²) in [5, 5.41) is 14.6. The quantitative estimate of drug-likeness (QED) is 0.596. The fourth-order valence-corrected chi connectivity index (χ4v) is 3.86. The fourth-order valence-electron chi connectivity index (χ4n) is 2.66. The van der Waals surface area contributed by atoms with E-state index >= 15 is 0 Å². The van der Waals surface area contributed by atoms with Gasteiger partial charge in [-0.25, -0.2) is 0 Å². The first-order valence-electron chi connectivity index (χ1n) is 7.12. The lowest BCUT2D eigenvalue weighted by molar-refractivity contribution is -0.386. The van der Waals surface area contributed by atoms with E-state index in [9.17, 15) is 18.9 Å². The monoisotopic (exact) mass is 332 g/mol. The van der Waals surface area contributed by atoms with E-state index in [4.69, 9.17) is 0 Å². The number of anilines is 1. The second kappa shape index (κ2) is 7.62. The van der Waals surface area contributed by atoms with Gasteiger partial charge in [-0.1, -0.05) is 13.3 Å². The second-order valence-electron chi connectivity index (χ2n) is 4.99. The summed E-state index contributed by atoms with van der Waals surface area (Å²) in [4.78, 5) is 10.1. The minimum absolute atomic E-state index is 0.241. The van der Waals surface area contributed by atoms with E-state index in [0.29, 0.717) is 10.9 Å². The van der Waals surface area contributed by atoms with Gasteiger partial charge in [0.25, 0.3) is 0 Å². The smallest absolute Gasteiger partial charge is 0.387 e. The molecule has 8 heteroatoms. The van der Waals surface area contributed by atoms with Crippen LogP contribution in [0, 0.1) is 10.1 Å². The van der Waals surface area contributed by atoms with Gasteiger partial charge in [0, 0.05) is 29.1 Å². The van der Waals surface area contributed by atoms with Crippen molar-refractivity contribution in [3.8, 4) is 5.75 Å². The van der Waals surface area contributed by atoms with Crippen LogP contribution < -0.4 is 10.1 Å². The first kappa shape index (κ1) is 16.8. The van der Waals surface area contributed by atoms with Crippen molar-refractivity contribution in [1.82, 2.24) is 0 Å². The summed E-state index contributed by atoms with van der Waals surface area (Å²) in [5.74, 6) is 0.603. The number of nitro benzene ring substituents is 1. The number of nitrogens with zero attached hydrogens (tertiary/aromatic N) is 1. The van der Waals surface area contributed by atoms with Crippen molar-refractivity contribution in [3.05, 3.63) is 28.3 Å². The van der Waals surface area contributed by atoms with Crippen LogP contribution in [0.3, 0.4) is 0 Å². The summed E-state index contributed by atoms with van der Waals surface area (Å²) in [6, 6.07) is 4.24. The van der Waals surface area contributed by atoms with Crippen molar-refractivity contribution < 1.29 is 18.4 Å². The molecular weight excluding hydrogens is 314 g/mol. The molecule has 1 saturated carbocycles. The third-order valence-electron chi connectivity index (χ3n) is 3.56. The Labute approximate surface area is 131 Å². The Morgan fingerprint density at radius 1 is 1.50 bits per heavy atom. The molecule has 0 amide bonds. The van der Waals surface area contributed by atoms with Crippen LogP contribution in [0.2, 0.25) is 0 Å². The number of benzene rings is 1. The van der Waals surface area contributed by atoms with Crippen LogP contribution in [0.1, 0.15) is 26.2 Å². The number of thioether (sulfide) groups is 1. The normalized spacial score (nSPS) is 21.1. The van der Waals surface area contributed by atoms with E-state index < -0.39 is 23.0 Å². The van der Waals surface area contributed by atoms with Crippen molar-refractivity contribution in [1.29, 1.82) is 0 Å². The average Bonchev–Trinajstić information content (AvgIpc) is 2.86. The average molecular weight is 332 g/mol. The van der Waals surface area contributed by atoms with Gasteiger partial charge in [0.05, 0.1) is 4.92 Å². The Hall–Kier alpha value is -1.57. The molecule has 1 N–H and O–H groups in total. The SMILES string of the molecule is CCSC1CCCC1Nc1ccc([N+](=O)[O-])c(OC(F)F)c1. The molecule has 1 aliphatic carbocycles. The maximum atomic E-state index is 12.4. The molecule has 2 rings (SSSR count). The predicted octanol–water partition coefficient (Wildman–Crippen LogP) is 4.28. The zero-order valence-corrected chi connectivity index (χ0v) is 12.9. The van der Waals surface area contributed by atoms with E-state index in [2.05, 4.69) is 17.0 Å². The van der Waals surface area contributed by atoms with Crippen molar-refractivity contribution in [2.75, 3.05) is 11.1 Å². The molecule has 5 nitrogen and oxygen atoms in total. The van der Waals surface area contributed by atoms with Crippen LogP contribution in [0.25, 0.3) is 0 Å². The molecule has 1 fully saturated rings. The highest BCUT2D eigenvalue weighted by Gasteiger charge is 2.27. The van der Waals surface area contributed by atoms with E-state index in [1.807, 2.05) is 11.8 Å².